The van der Waals surface area contributed by atoms with Gasteiger partial charge in [-0.1, -0.05) is 11.6 Å². The highest BCUT2D eigenvalue weighted by atomic mass is 35.5. The molecule has 0 aromatic carbocycles. The number of carbonyl (C=O) groups is 1. The highest BCUT2D eigenvalue weighted by molar-refractivity contribution is 7.17. The Morgan fingerprint density at radius 2 is 2.33 bits per heavy atom. The van der Waals surface area contributed by atoms with Crippen LogP contribution in [0.4, 0.5) is 0 Å². The summed E-state index contributed by atoms with van der Waals surface area (Å²) in [6.45, 7) is 0.878. The number of halogens is 1. The Labute approximate surface area is 96.6 Å². The van der Waals surface area contributed by atoms with Gasteiger partial charge in [-0.3, -0.25) is 4.79 Å². The van der Waals surface area contributed by atoms with Crippen LogP contribution in [-0.4, -0.2) is 35.1 Å². The quantitative estimate of drug-likeness (QED) is 0.802. The number of amides is 1. The molecule has 0 radical (unpaired) electrons. The molecule has 0 atom stereocenters. The summed E-state index contributed by atoms with van der Waals surface area (Å²) in [6, 6.07) is 3.66. The summed E-state index contributed by atoms with van der Waals surface area (Å²) in [5.74, 6) is -0.0650. The highest BCUT2D eigenvalue weighted by Gasteiger charge is 2.26. The minimum absolute atomic E-state index is 0.0650. The van der Waals surface area contributed by atoms with Crippen LogP contribution >= 0.6 is 22.9 Å². The van der Waals surface area contributed by atoms with Crippen molar-refractivity contribution >= 4 is 34.9 Å². The Hall–Kier alpha value is -0.840. The van der Waals surface area contributed by atoms with Crippen molar-refractivity contribution in [3.8, 4) is 0 Å². The maximum Gasteiger partial charge on any atom is 0.246 e. The van der Waals surface area contributed by atoms with Crippen LogP contribution in [0.15, 0.2) is 18.2 Å². The molecule has 15 heavy (non-hydrogen) atoms. The third kappa shape index (κ3) is 2.59. The maximum absolute atomic E-state index is 11.5. The van der Waals surface area contributed by atoms with Gasteiger partial charge in [-0.15, -0.1) is 11.3 Å². The Bertz CT molecular complexity index is 396. The predicted octanol–water partition coefficient (Wildman–Crippen LogP) is 1.62. The van der Waals surface area contributed by atoms with Crippen molar-refractivity contribution in [1.29, 1.82) is 0 Å². The van der Waals surface area contributed by atoms with Crippen molar-refractivity contribution in [3.63, 3.8) is 0 Å². The van der Waals surface area contributed by atoms with E-state index in [1.54, 1.807) is 17.0 Å². The van der Waals surface area contributed by atoms with Crippen molar-refractivity contribution in [2.75, 3.05) is 13.1 Å². The summed E-state index contributed by atoms with van der Waals surface area (Å²) < 4.78 is 0.710. The average molecular weight is 244 g/mol. The molecule has 5 heteroatoms. The van der Waals surface area contributed by atoms with E-state index < -0.39 is 0 Å². The second-order valence-corrected chi connectivity index (χ2v) is 5.12. The molecule has 1 aromatic rings. The van der Waals surface area contributed by atoms with Crippen LogP contribution < -0.4 is 0 Å². The lowest BCUT2D eigenvalue weighted by atomic mass is 10.1. The largest absolute Gasteiger partial charge is 0.389 e. The SMILES string of the molecule is O=C(C=Cc1ccc(Cl)s1)N1CC(O)C1. The van der Waals surface area contributed by atoms with Gasteiger partial charge >= 0.3 is 0 Å². The van der Waals surface area contributed by atoms with Gasteiger partial charge in [0.1, 0.15) is 0 Å². The lowest BCUT2D eigenvalue weighted by Gasteiger charge is -2.34. The van der Waals surface area contributed by atoms with E-state index in [4.69, 9.17) is 16.7 Å². The van der Waals surface area contributed by atoms with Crippen LogP contribution in [0.25, 0.3) is 6.08 Å². The van der Waals surface area contributed by atoms with Gasteiger partial charge in [0.25, 0.3) is 0 Å². The fraction of sp³-hybridized carbons (Fsp3) is 0.300. The molecule has 1 aromatic heterocycles. The van der Waals surface area contributed by atoms with Gasteiger partial charge in [-0.25, -0.2) is 0 Å². The predicted molar refractivity (Wildman–Crippen MR) is 60.9 cm³/mol. The Morgan fingerprint density at radius 1 is 1.60 bits per heavy atom. The highest BCUT2D eigenvalue weighted by Crippen LogP contribution is 2.22. The monoisotopic (exact) mass is 243 g/mol. The van der Waals surface area contributed by atoms with E-state index in [0.717, 1.165) is 4.88 Å². The van der Waals surface area contributed by atoms with Crippen molar-refractivity contribution < 1.29 is 9.90 Å². The first-order valence-electron chi connectivity index (χ1n) is 4.55. The molecule has 0 bridgehead atoms. The van der Waals surface area contributed by atoms with Gasteiger partial charge in [0.2, 0.25) is 5.91 Å². The van der Waals surface area contributed by atoms with E-state index in [1.807, 2.05) is 6.07 Å². The van der Waals surface area contributed by atoms with E-state index in [1.165, 1.54) is 17.4 Å². The summed E-state index contributed by atoms with van der Waals surface area (Å²) >= 11 is 7.18. The third-order valence-electron chi connectivity index (χ3n) is 2.16. The summed E-state index contributed by atoms with van der Waals surface area (Å²) in [6.07, 6.45) is 2.90. The lowest BCUT2D eigenvalue weighted by molar-refractivity contribution is -0.135. The van der Waals surface area contributed by atoms with Crippen molar-refractivity contribution in [1.82, 2.24) is 4.90 Å². The fourth-order valence-electron chi connectivity index (χ4n) is 1.31. The molecule has 0 saturated carbocycles. The molecule has 1 amide bonds. The molecule has 2 heterocycles. The minimum Gasteiger partial charge on any atom is -0.389 e. The average Bonchev–Trinajstić information content (AvgIpc) is 2.56. The second kappa shape index (κ2) is 4.35. The zero-order valence-corrected chi connectivity index (χ0v) is 9.46. The van der Waals surface area contributed by atoms with Crippen LogP contribution in [0, 0.1) is 0 Å². The number of hydrogen-bond acceptors (Lipinski definition) is 3. The van der Waals surface area contributed by atoms with Gasteiger partial charge in [0.05, 0.1) is 10.4 Å². The van der Waals surface area contributed by atoms with Crippen molar-refractivity contribution in [2.45, 2.75) is 6.10 Å². The van der Waals surface area contributed by atoms with Crippen molar-refractivity contribution in [2.24, 2.45) is 0 Å². The topological polar surface area (TPSA) is 40.5 Å². The smallest absolute Gasteiger partial charge is 0.246 e. The number of likely N-dealkylation sites (tertiary alicyclic amines) is 1. The molecule has 1 N–H and O–H groups in total. The molecule has 0 spiro atoms. The number of carbonyl (C=O) groups excluding carboxylic acids is 1. The first kappa shape index (κ1) is 10.7. The number of aliphatic hydroxyl groups excluding tert-OH is 1. The van der Waals surface area contributed by atoms with E-state index in [0.29, 0.717) is 17.4 Å². The van der Waals surface area contributed by atoms with Crippen LogP contribution in [0.2, 0.25) is 4.34 Å². The van der Waals surface area contributed by atoms with Gasteiger partial charge in [-0.2, -0.15) is 0 Å². The molecule has 2 rings (SSSR count). The molecule has 1 fully saturated rings. The molecule has 1 saturated heterocycles. The standard InChI is InChI=1S/C10H10ClNO2S/c11-9-3-1-8(15-9)2-4-10(14)12-5-7(13)6-12/h1-4,7,13H,5-6H2. The molecule has 1 aliphatic heterocycles. The summed E-state index contributed by atoms with van der Waals surface area (Å²) in [5.41, 5.74) is 0. The molecular weight excluding hydrogens is 234 g/mol. The maximum atomic E-state index is 11.5. The van der Waals surface area contributed by atoms with E-state index in [2.05, 4.69) is 0 Å². The van der Waals surface area contributed by atoms with Crippen LogP contribution in [0.3, 0.4) is 0 Å². The summed E-state index contributed by atoms with van der Waals surface area (Å²) in [4.78, 5) is 14.0. The van der Waals surface area contributed by atoms with E-state index >= 15 is 0 Å². The molecule has 80 valence electrons. The first-order chi connectivity index (χ1) is 7.15. The number of rotatable bonds is 2. The zero-order valence-electron chi connectivity index (χ0n) is 7.89. The van der Waals surface area contributed by atoms with Crippen molar-refractivity contribution in [3.05, 3.63) is 27.4 Å². The van der Waals surface area contributed by atoms with Crippen LogP contribution in [-0.2, 0) is 4.79 Å². The minimum atomic E-state index is -0.349. The summed E-state index contributed by atoms with van der Waals surface area (Å²) in [5, 5.41) is 9.02. The third-order valence-corrected chi connectivity index (χ3v) is 3.35. The molecule has 0 unspecified atom stereocenters. The second-order valence-electron chi connectivity index (χ2n) is 3.37. The molecule has 3 nitrogen and oxygen atoms in total. The molecule has 1 aliphatic rings. The summed E-state index contributed by atoms with van der Waals surface area (Å²) in [7, 11) is 0. The van der Waals surface area contributed by atoms with Crippen LogP contribution in [0.1, 0.15) is 4.88 Å². The Kier molecular flexibility index (Phi) is 3.09. The number of thiophene rings is 1. The van der Waals surface area contributed by atoms with E-state index in [-0.39, 0.29) is 12.0 Å². The Balaban J connectivity index is 1.91. The van der Waals surface area contributed by atoms with Gasteiger partial charge < -0.3 is 10.0 Å². The number of nitrogens with zero attached hydrogens (tertiary/aromatic N) is 1. The Morgan fingerprint density at radius 3 is 2.87 bits per heavy atom. The van der Waals surface area contributed by atoms with Gasteiger partial charge in [0.15, 0.2) is 0 Å². The number of β-amino-alcohol motifs (C(OH)–C–C–N with tert-alkyl or cyclic N) is 1. The molecule has 0 aliphatic carbocycles. The lowest BCUT2D eigenvalue weighted by Crippen LogP contribution is -2.52. The van der Waals surface area contributed by atoms with Gasteiger partial charge in [-0.05, 0) is 18.2 Å². The number of aliphatic hydroxyl groups is 1. The first-order valence-corrected chi connectivity index (χ1v) is 5.75. The zero-order chi connectivity index (χ0) is 10.8. The molecular formula is C10H10ClNO2S. The fourth-order valence-corrected chi connectivity index (χ4v) is 2.28. The number of hydrogen-bond donors (Lipinski definition) is 1. The van der Waals surface area contributed by atoms with Gasteiger partial charge in [0, 0.05) is 24.0 Å². The van der Waals surface area contributed by atoms with Crippen LogP contribution in [0.5, 0.6) is 0 Å². The normalized spacial score (nSPS) is 17.1. The van der Waals surface area contributed by atoms with E-state index in [9.17, 15) is 4.79 Å².